The van der Waals surface area contributed by atoms with Crippen molar-refractivity contribution in [2.24, 2.45) is 0 Å². The number of benzene rings is 1. The molecule has 1 aliphatic heterocycles. The maximum atomic E-state index is 13.2. The van der Waals surface area contributed by atoms with E-state index in [0.717, 1.165) is 30.2 Å². The summed E-state index contributed by atoms with van der Waals surface area (Å²) in [5.41, 5.74) is 0. The van der Waals surface area contributed by atoms with E-state index in [1.54, 1.807) is 6.92 Å². The number of halogens is 1. The number of sulfone groups is 1. The number of nitrogens with zero attached hydrogens (tertiary/aromatic N) is 1. The Balaban J connectivity index is 1.76. The lowest BCUT2D eigenvalue weighted by Gasteiger charge is -2.39. The van der Waals surface area contributed by atoms with Crippen LogP contribution >= 0.6 is 15.9 Å². The van der Waals surface area contributed by atoms with Gasteiger partial charge >= 0.3 is 0 Å². The monoisotopic (exact) mass is 443 g/mol. The van der Waals surface area contributed by atoms with E-state index in [4.69, 9.17) is 4.74 Å². The van der Waals surface area contributed by atoms with Gasteiger partial charge in [0.25, 0.3) is 5.91 Å². The van der Waals surface area contributed by atoms with Crippen LogP contribution in [0.25, 0.3) is 0 Å². The van der Waals surface area contributed by atoms with Gasteiger partial charge in [-0.15, -0.1) is 0 Å². The Morgan fingerprint density at radius 3 is 2.35 bits per heavy atom. The van der Waals surface area contributed by atoms with Crippen molar-refractivity contribution in [2.45, 2.75) is 63.6 Å². The Labute approximate surface area is 164 Å². The van der Waals surface area contributed by atoms with Crippen LogP contribution in [0.5, 0.6) is 5.75 Å². The summed E-state index contributed by atoms with van der Waals surface area (Å²) < 4.78 is 30.7. The summed E-state index contributed by atoms with van der Waals surface area (Å²) in [5, 5.41) is 0. The van der Waals surface area contributed by atoms with E-state index in [9.17, 15) is 13.2 Å². The van der Waals surface area contributed by atoms with Crippen LogP contribution in [0.4, 0.5) is 0 Å². The maximum absolute atomic E-state index is 13.2. The Morgan fingerprint density at radius 1 is 1.12 bits per heavy atom. The molecule has 2 aliphatic rings. The van der Waals surface area contributed by atoms with Gasteiger partial charge in [0.05, 0.1) is 11.5 Å². The van der Waals surface area contributed by atoms with Crippen molar-refractivity contribution in [3.05, 3.63) is 28.7 Å². The molecule has 1 heterocycles. The lowest BCUT2D eigenvalue weighted by atomic mass is 9.92. The van der Waals surface area contributed by atoms with Gasteiger partial charge < -0.3 is 9.64 Å². The zero-order valence-electron chi connectivity index (χ0n) is 15.1. The Hall–Kier alpha value is -1.08. The van der Waals surface area contributed by atoms with Gasteiger partial charge in [0, 0.05) is 16.6 Å². The molecule has 0 aromatic heterocycles. The molecular formula is C19H26BrNO4S. The van der Waals surface area contributed by atoms with Crippen molar-refractivity contribution in [3.8, 4) is 5.75 Å². The molecule has 2 atom stereocenters. The van der Waals surface area contributed by atoms with Gasteiger partial charge in [-0.25, -0.2) is 8.42 Å². The van der Waals surface area contributed by atoms with Gasteiger partial charge in [-0.2, -0.15) is 0 Å². The van der Waals surface area contributed by atoms with E-state index >= 15 is 0 Å². The molecule has 2 fully saturated rings. The summed E-state index contributed by atoms with van der Waals surface area (Å²) in [5.74, 6) is 0.801. The van der Waals surface area contributed by atoms with Crippen molar-refractivity contribution in [3.63, 3.8) is 0 Å². The quantitative estimate of drug-likeness (QED) is 0.697. The molecule has 0 bridgehead atoms. The van der Waals surface area contributed by atoms with Gasteiger partial charge in [0.1, 0.15) is 5.75 Å². The molecule has 0 N–H and O–H groups in total. The Morgan fingerprint density at radius 2 is 1.77 bits per heavy atom. The molecule has 26 heavy (non-hydrogen) atoms. The van der Waals surface area contributed by atoms with Gasteiger partial charge in [-0.1, -0.05) is 35.2 Å². The molecular weight excluding hydrogens is 418 g/mol. The molecule has 0 unspecified atom stereocenters. The SMILES string of the molecule is C[C@@H](Oc1ccc(Br)cc1)C(=O)N(C1CCCCC1)[C@@H]1CCS(=O)(=O)C1. The third-order valence-corrected chi connectivity index (χ3v) is 7.58. The summed E-state index contributed by atoms with van der Waals surface area (Å²) in [7, 11) is -3.04. The van der Waals surface area contributed by atoms with Crippen LogP contribution in [-0.4, -0.2) is 48.9 Å². The highest BCUT2D eigenvalue weighted by Crippen LogP contribution is 2.29. The number of carbonyl (C=O) groups is 1. The molecule has 144 valence electrons. The fourth-order valence-corrected chi connectivity index (χ4v) is 5.97. The fraction of sp³-hybridized carbons (Fsp3) is 0.632. The number of amides is 1. The standard InChI is InChI=1S/C19H26BrNO4S/c1-14(25-18-9-7-15(20)8-10-18)19(22)21(16-5-3-2-4-6-16)17-11-12-26(23,24)13-17/h7-10,14,16-17H,2-6,11-13H2,1H3/t14-,17-/m1/s1. The van der Waals surface area contributed by atoms with Crippen LogP contribution in [0.15, 0.2) is 28.7 Å². The normalized spacial score (nSPS) is 24.2. The topological polar surface area (TPSA) is 63.7 Å². The first-order valence-corrected chi connectivity index (χ1v) is 11.9. The van der Waals surface area contributed by atoms with E-state index in [-0.39, 0.29) is 29.5 Å². The van der Waals surface area contributed by atoms with Gasteiger partial charge in [-0.05, 0) is 50.5 Å². The van der Waals surface area contributed by atoms with E-state index in [1.807, 2.05) is 29.2 Å². The minimum Gasteiger partial charge on any atom is -0.481 e. The minimum atomic E-state index is -3.04. The van der Waals surface area contributed by atoms with Crippen molar-refractivity contribution >= 4 is 31.7 Å². The van der Waals surface area contributed by atoms with E-state index in [0.29, 0.717) is 12.2 Å². The average molecular weight is 444 g/mol. The molecule has 1 aromatic carbocycles. The van der Waals surface area contributed by atoms with Crippen molar-refractivity contribution in [2.75, 3.05) is 11.5 Å². The molecule has 3 rings (SSSR count). The molecule has 1 aliphatic carbocycles. The summed E-state index contributed by atoms with van der Waals surface area (Å²) >= 11 is 3.38. The largest absolute Gasteiger partial charge is 0.481 e. The maximum Gasteiger partial charge on any atom is 0.263 e. The van der Waals surface area contributed by atoms with E-state index in [2.05, 4.69) is 15.9 Å². The highest BCUT2D eigenvalue weighted by molar-refractivity contribution is 9.10. The molecule has 1 amide bonds. The predicted octanol–water partition coefficient (Wildman–Crippen LogP) is 3.56. The molecule has 1 saturated heterocycles. The van der Waals surface area contributed by atoms with Gasteiger partial charge in [0.15, 0.2) is 15.9 Å². The van der Waals surface area contributed by atoms with Crippen molar-refractivity contribution in [1.82, 2.24) is 4.90 Å². The second-order valence-corrected chi connectivity index (χ2v) is 10.5. The molecule has 1 aromatic rings. The van der Waals surface area contributed by atoms with Crippen LogP contribution in [0.1, 0.15) is 45.4 Å². The second-order valence-electron chi connectivity index (χ2n) is 7.31. The first-order valence-electron chi connectivity index (χ1n) is 9.30. The van der Waals surface area contributed by atoms with Gasteiger partial charge in [-0.3, -0.25) is 4.79 Å². The molecule has 7 heteroatoms. The predicted molar refractivity (Wildman–Crippen MR) is 105 cm³/mol. The minimum absolute atomic E-state index is 0.0836. The van der Waals surface area contributed by atoms with E-state index in [1.165, 1.54) is 6.42 Å². The lowest BCUT2D eigenvalue weighted by molar-refractivity contribution is -0.143. The summed E-state index contributed by atoms with van der Waals surface area (Å²) in [4.78, 5) is 15.1. The zero-order valence-corrected chi connectivity index (χ0v) is 17.5. The Bertz CT molecular complexity index is 728. The van der Waals surface area contributed by atoms with Crippen LogP contribution in [0, 0.1) is 0 Å². The summed E-state index contributed by atoms with van der Waals surface area (Å²) in [6.07, 6.45) is 5.18. The van der Waals surface area contributed by atoms with Crippen molar-refractivity contribution in [1.29, 1.82) is 0 Å². The molecule has 0 radical (unpaired) electrons. The number of hydrogen-bond acceptors (Lipinski definition) is 4. The fourth-order valence-electron chi connectivity index (χ4n) is 3.99. The highest BCUT2D eigenvalue weighted by atomic mass is 79.9. The first kappa shape index (κ1) is 19.7. The Kier molecular flexibility index (Phi) is 6.28. The van der Waals surface area contributed by atoms with Gasteiger partial charge in [0.2, 0.25) is 0 Å². The van der Waals surface area contributed by atoms with Crippen LogP contribution in [-0.2, 0) is 14.6 Å². The molecule has 5 nitrogen and oxygen atoms in total. The van der Waals surface area contributed by atoms with E-state index < -0.39 is 15.9 Å². The average Bonchev–Trinajstić information content (AvgIpc) is 2.97. The number of ether oxygens (including phenoxy) is 1. The van der Waals surface area contributed by atoms with Crippen LogP contribution in [0.2, 0.25) is 0 Å². The second kappa shape index (κ2) is 8.30. The smallest absolute Gasteiger partial charge is 0.263 e. The number of rotatable bonds is 5. The first-order chi connectivity index (χ1) is 12.4. The molecule has 0 spiro atoms. The van der Waals surface area contributed by atoms with Crippen molar-refractivity contribution < 1.29 is 17.9 Å². The van der Waals surface area contributed by atoms with Crippen LogP contribution < -0.4 is 4.74 Å². The summed E-state index contributed by atoms with van der Waals surface area (Å²) in [6, 6.07) is 7.29. The molecule has 1 saturated carbocycles. The third-order valence-electron chi connectivity index (χ3n) is 5.30. The van der Waals surface area contributed by atoms with Crippen LogP contribution in [0.3, 0.4) is 0 Å². The lowest BCUT2D eigenvalue weighted by Crippen LogP contribution is -2.52. The number of carbonyl (C=O) groups excluding carboxylic acids is 1. The number of hydrogen-bond donors (Lipinski definition) is 0. The highest BCUT2D eigenvalue weighted by Gasteiger charge is 2.40. The summed E-state index contributed by atoms with van der Waals surface area (Å²) in [6.45, 7) is 1.75. The third kappa shape index (κ3) is 4.80. The zero-order chi connectivity index (χ0) is 18.7.